The Hall–Kier alpha value is -1.66. The maximum Gasteiger partial charge on any atom is 0.240 e. The third-order valence-corrected chi connectivity index (χ3v) is 4.04. The highest BCUT2D eigenvalue weighted by molar-refractivity contribution is 7.89. The molecule has 0 fully saturated rings. The minimum atomic E-state index is -3.45. The molecule has 1 heterocycles. The van der Waals surface area contributed by atoms with E-state index in [0.29, 0.717) is 6.54 Å². The molecule has 0 saturated carbocycles. The first-order valence-corrected chi connectivity index (χ1v) is 7.11. The third-order valence-electron chi connectivity index (χ3n) is 2.43. The molecule has 1 aromatic heterocycles. The summed E-state index contributed by atoms with van der Waals surface area (Å²) in [5.41, 5.74) is 0. The lowest BCUT2D eigenvalue weighted by Gasteiger charge is -2.14. The monoisotopic (exact) mass is 265 g/mol. The minimum Gasteiger partial charge on any atom is -0.271 e. The van der Waals surface area contributed by atoms with Crippen LogP contribution in [0, 0.1) is 0 Å². The molecule has 0 saturated heterocycles. The molecule has 6 heteroatoms. The molecule has 96 valence electrons. The smallest absolute Gasteiger partial charge is 0.240 e. The van der Waals surface area contributed by atoms with Crippen LogP contribution < -0.4 is 4.72 Å². The lowest BCUT2D eigenvalue weighted by Crippen LogP contribution is -2.35. The van der Waals surface area contributed by atoms with Gasteiger partial charge in [-0.05, 0) is 25.1 Å². The van der Waals surface area contributed by atoms with Crippen molar-refractivity contribution in [2.75, 3.05) is 0 Å². The van der Waals surface area contributed by atoms with Gasteiger partial charge in [0.15, 0.2) is 0 Å². The number of aromatic nitrogens is 2. The second-order valence-corrected chi connectivity index (χ2v) is 5.78. The van der Waals surface area contributed by atoms with Gasteiger partial charge in [-0.25, -0.2) is 13.1 Å². The van der Waals surface area contributed by atoms with E-state index in [9.17, 15) is 8.42 Å². The van der Waals surface area contributed by atoms with Crippen molar-refractivity contribution in [3.63, 3.8) is 0 Å². The Morgan fingerprint density at radius 1 is 1.28 bits per heavy atom. The standard InChI is InChI=1S/C12H15N3O2S/c1-11(10-15-9-5-8-13-15)14-18(16,17)12-6-3-2-4-7-12/h2-9,11,14H,10H2,1H3. The second kappa shape index (κ2) is 5.32. The van der Waals surface area contributed by atoms with Gasteiger partial charge in [-0.15, -0.1) is 0 Å². The fourth-order valence-corrected chi connectivity index (χ4v) is 2.91. The van der Waals surface area contributed by atoms with Crippen molar-refractivity contribution in [1.82, 2.24) is 14.5 Å². The summed E-state index contributed by atoms with van der Waals surface area (Å²) in [6.07, 6.45) is 3.46. The molecule has 0 aliphatic carbocycles. The molecule has 0 aliphatic heterocycles. The summed E-state index contributed by atoms with van der Waals surface area (Å²) in [5.74, 6) is 0. The molecule has 0 spiro atoms. The van der Waals surface area contributed by atoms with Crippen molar-refractivity contribution >= 4 is 10.0 Å². The topological polar surface area (TPSA) is 64.0 Å². The molecule has 1 unspecified atom stereocenters. The molecule has 0 radical (unpaired) electrons. The van der Waals surface area contributed by atoms with Gasteiger partial charge in [-0.2, -0.15) is 5.10 Å². The van der Waals surface area contributed by atoms with Crippen LogP contribution in [0.2, 0.25) is 0 Å². The largest absolute Gasteiger partial charge is 0.271 e. The molecular formula is C12H15N3O2S. The van der Waals surface area contributed by atoms with Crippen molar-refractivity contribution in [1.29, 1.82) is 0 Å². The van der Waals surface area contributed by atoms with Crippen molar-refractivity contribution in [2.45, 2.75) is 24.4 Å². The van der Waals surface area contributed by atoms with Gasteiger partial charge in [0.05, 0.1) is 11.4 Å². The minimum absolute atomic E-state index is 0.227. The van der Waals surface area contributed by atoms with Crippen LogP contribution in [0.4, 0.5) is 0 Å². The fourth-order valence-electron chi connectivity index (χ4n) is 1.66. The first kappa shape index (κ1) is 12.8. The first-order valence-electron chi connectivity index (χ1n) is 5.63. The predicted molar refractivity (Wildman–Crippen MR) is 68.5 cm³/mol. The Balaban J connectivity index is 2.05. The maximum atomic E-state index is 12.0. The number of hydrogen-bond donors (Lipinski definition) is 1. The SMILES string of the molecule is CC(Cn1cccn1)NS(=O)(=O)c1ccccc1. The number of rotatable bonds is 5. The number of nitrogens with zero attached hydrogens (tertiary/aromatic N) is 2. The van der Waals surface area contributed by atoms with Crippen molar-refractivity contribution in [3.05, 3.63) is 48.8 Å². The lowest BCUT2D eigenvalue weighted by atomic mass is 10.4. The van der Waals surface area contributed by atoms with E-state index < -0.39 is 10.0 Å². The van der Waals surface area contributed by atoms with E-state index in [-0.39, 0.29) is 10.9 Å². The van der Waals surface area contributed by atoms with Gasteiger partial charge < -0.3 is 0 Å². The van der Waals surface area contributed by atoms with Crippen LogP contribution in [0.3, 0.4) is 0 Å². The van der Waals surface area contributed by atoms with Gasteiger partial charge in [0.2, 0.25) is 10.0 Å². The maximum absolute atomic E-state index is 12.0. The molecule has 1 N–H and O–H groups in total. The van der Waals surface area contributed by atoms with Gasteiger partial charge in [-0.1, -0.05) is 18.2 Å². The highest BCUT2D eigenvalue weighted by atomic mass is 32.2. The Bertz CT molecular complexity index is 579. The molecule has 1 aromatic carbocycles. The Morgan fingerprint density at radius 3 is 2.61 bits per heavy atom. The van der Waals surface area contributed by atoms with E-state index in [4.69, 9.17) is 0 Å². The van der Waals surface area contributed by atoms with Crippen LogP contribution in [0.5, 0.6) is 0 Å². The highest BCUT2D eigenvalue weighted by Gasteiger charge is 2.16. The molecule has 1 atom stereocenters. The number of benzene rings is 1. The van der Waals surface area contributed by atoms with E-state index in [1.807, 2.05) is 6.92 Å². The summed E-state index contributed by atoms with van der Waals surface area (Å²) in [7, 11) is -3.45. The van der Waals surface area contributed by atoms with Crippen LogP contribution in [0.1, 0.15) is 6.92 Å². The number of nitrogens with one attached hydrogen (secondary N) is 1. The molecular weight excluding hydrogens is 250 g/mol. The van der Waals surface area contributed by atoms with E-state index in [1.54, 1.807) is 53.5 Å². The van der Waals surface area contributed by atoms with Gasteiger partial charge in [0, 0.05) is 18.4 Å². The quantitative estimate of drug-likeness (QED) is 0.885. The second-order valence-electron chi connectivity index (χ2n) is 4.06. The zero-order valence-electron chi connectivity index (χ0n) is 10.0. The molecule has 2 aromatic rings. The van der Waals surface area contributed by atoms with E-state index in [0.717, 1.165) is 0 Å². The Labute approximate surface area is 107 Å². The summed E-state index contributed by atoms with van der Waals surface area (Å²) in [6.45, 7) is 2.31. The third kappa shape index (κ3) is 3.18. The zero-order chi connectivity index (χ0) is 13.0. The average Bonchev–Trinajstić information content (AvgIpc) is 2.82. The summed E-state index contributed by atoms with van der Waals surface area (Å²) < 4.78 is 28.4. The van der Waals surface area contributed by atoms with Crippen molar-refractivity contribution in [2.24, 2.45) is 0 Å². The summed E-state index contributed by atoms with van der Waals surface area (Å²) in [6, 6.07) is 9.91. The van der Waals surface area contributed by atoms with Crippen molar-refractivity contribution < 1.29 is 8.42 Å². The van der Waals surface area contributed by atoms with Crippen LogP contribution >= 0.6 is 0 Å². The molecule has 18 heavy (non-hydrogen) atoms. The van der Waals surface area contributed by atoms with E-state index in [1.165, 1.54) is 0 Å². The normalized spacial score (nSPS) is 13.4. The van der Waals surface area contributed by atoms with Crippen LogP contribution in [0.15, 0.2) is 53.7 Å². The average molecular weight is 265 g/mol. The molecule has 0 aliphatic rings. The zero-order valence-corrected chi connectivity index (χ0v) is 10.8. The van der Waals surface area contributed by atoms with E-state index >= 15 is 0 Å². The Kier molecular flexibility index (Phi) is 3.78. The van der Waals surface area contributed by atoms with Gasteiger partial charge in [0.25, 0.3) is 0 Å². The molecule has 0 amide bonds. The van der Waals surface area contributed by atoms with Gasteiger partial charge in [0.1, 0.15) is 0 Å². The highest BCUT2D eigenvalue weighted by Crippen LogP contribution is 2.08. The molecule has 0 bridgehead atoms. The summed E-state index contributed by atoms with van der Waals surface area (Å²) in [4.78, 5) is 0.275. The summed E-state index contributed by atoms with van der Waals surface area (Å²) in [5, 5.41) is 4.04. The lowest BCUT2D eigenvalue weighted by molar-refractivity contribution is 0.494. The predicted octanol–water partition coefficient (Wildman–Crippen LogP) is 1.25. The van der Waals surface area contributed by atoms with E-state index in [2.05, 4.69) is 9.82 Å². The van der Waals surface area contributed by atoms with Gasteiger partial charge >= 0.3 is 0 Å². The molecule has 2 rings (SSSR count). The first-order chi connectivity index (χ1) is 8.58. The van der Waals surface area contributed by atoms with Crippen molar-refractivity contribution in [3.8, 4) is 0 Å². The van der Waals surface area contributed by atoms with Crippen LogP contribution in [0.25, 0.3) is 0 Å². The Morgan fingerprint density at radius 2 is 2.00 bits per heavy atom. The number of sulfonamides is 1. The molecule has 5 nitrogen and oxygen atoms in total. The van der Waals surface area contributed by atoms with Crippen LogP contribution in [-0.4, -0.2) is 24.2 Å². The fraction of sp³-hybridized carbons (Fsp3) is 0.250. The number of hydrogen-bond acceptors (Lipinski definition) is 3. The van der Waals surface area contributed by atoms with Gasteiger partial charge in [-0.3, -0.25) is 4.68 Å². The van der Waals surface area contributed by atoms with Crippen LogP contribution in [-0.2, 0) is 16.6 Å². The summed E-state index contributed by atoms with van der Waals surface area (Å²) >= 11 is 0.